The molecule has 0 aromatic heterocycles. The van der Waals surface area contributed by atoms with Crippen molar-refractivity contribution in [1.29, 1.82) is 0 Å². The van der Waals surface area contributed by atoms with E-state index in [9.17, 15) is 0 Å². The van der Waals surface area contributed by atoms with Gasteiger partial charge >= 0.3 is 0 Å². The van der Waals surface area contributed by atoms with Crippen LogP contribution in [0, 0.1) is 0 Å². The molecule has 1 heterocycles. The molecule has 1 nitrogen and oxygen atoms in total. The highest BCUT2D eigenvalue weighted by molar-refractivity contribution is 14.1. The van der Waals surface area contributed by atoms with Crippen molar-refractivity contribution in [1.82, 2.24) is 0 Å². The molecule has 0 bridgehead atoms. The minimum atomic E-state index is 0.0429. The summed E-state index contributed by atoms with van der Waals surface area (Å²) in [6, 6.07) is 0. The van der Waals surface area contributed by atoms with Gasteiger partial charge in [-0.05, 0) is 47.4 Å². The van der Waals surface area contributed by atoms with Crippen molar-refractivity contribution in [2.45, 2.75) is 22.9 Å². The normalized spacial score (nSPS) is 36.3. The second-order valence-electron chi connectivity index (χ2n) is 3.00. The molecule has 0 amide bonds. The van der Waals surface area contributed by atoms with Crippen molar-refractivity contribution in [3.05, 3.63) is 23.8 Å². The van der Waals surface area contributed by atoms with Crippen molar-refractivity contribution in [3.63, 3.8) is 0 Å². The molecule has 11 heavy (non-hydrogen) atoms. The van der Waals surface area contributed by atoms with Gasteiger partial charge in [-0.25, -0.2) is 0 Å². The van der Waals surface area contributed by atoms with Crippen LogP contribution in [0.1, 0.15) is 19.3 Å². The van der Waals surface area contributed by atoms with Crippen LogP contribution < -0.4 is 0 Å². The minimum Gasteiger partial charge on any atom is -0.361 e. The molecule has 2 aliphatic rings. The van der Waals surface area contributed by atoms with Gasteiger partial charge in [0.25, 0.3) is 0 Å². The van der Waals surface area contributed by atoms with Crippen molar-refractivity contribution < 1.29 is 4.74 Å². The number of hydrogen-bond donors (Lipinski definition) is 0. The highest BCUT2D eigenvalue weighted by Crippen LogP contribution is 2.41. The van der Waals surface area contributed by atoms with E-state index in [1.807, 2.05) is 0 Å². The van der Waals surface area contributed by atoms with Gasteiger partial charge in [-0.2, -0.15) is 0 Å². The van der Waals surface area contributed by atoms with E-state index in [0.29, 0.717) is 0 Å². The third kappa shape index (κ3) is 1.38. The van der Waals surface area contributed by atoms with Gasteiger partial charge in [0.1, 0.15) is 3.61 Å². The number of alkyl halides is 1. The molecule has 2 rings (SSSR count). The molecular formula is C9H11IO. The highest BCUT2D eigenvalue weighted by atomic mass is 127. The maximum absolute atomic E-state index is 5.70. The quantitative estimate of drug-likeness (QED) is 0.521. The lowest BCUT2D eigenvalue weighted by Gasteiger charge is -2.22. The van der Waals surface area contributed by atoms with Crippen LogP contribution >= 0.6 is 22.6 Å². The van der Waals surface area contributed by atoms with Crippen molar-refractivity contribution in [2.75, 3.05) is 6.61 Å². The summed E-state index contributed by atoms with van der Waals surface area (Å²) in [5.74, 6) is 0. The Kier molecular flexibility index (Phi) is 2.06. The van der Waals surface area contributed by atoms with Crippen molar-refractivity contribution >= 4 is 22.6 Å². The average molecular weight is 262 g/mol. The molecule has 0 aromatic rings. The van der Waals surface area contributed by atoms with Gasteiger partial charge in [0, 0.05) is 6.61 Å². The second kappa shape index (κ2) is 2.90. The molecule has 1 aliphatic carbocycles. The van der Waals surface area contributed by atoms with Crippen LogP contribution in [0.2, 0.25) is 0 Å². The van der Waals surface area contributed by atoms with Gasteiger partial charge in [-0.1, -0.05) is 18.2 Å². The third-order valence-electron chi connectivity index (χ3n) is 2.22. The van der Waals surface area contributed by atoms with E-state index < -0.39 is 0 Å². The lowest BCUT2D eigenvalue weighted by atomic mass is 10.1. The predicted molar refractivity (Wildman–Crippen MR) is 53.8 cm³/mol. The van der Waals surface area contributed by atoms with Gasteiger partial charge in [-0.15, -0.1) is 0 Å². The van der Waals surface area contributed by atoms with Crippen LogP contribution in [-0.2, 0) is 4.74 Å². The Morgan fingerprint density at radius 3 is 3.00 bits per heavy atom. The van der Waals surface area contributed by atoms with Crippen LogP contribution in [0.4, 0.5) is 0 Å². The number of rotatable bonds is 1. The molecule has 1 saturated heterocycles. The number of allylic oxidation sites excluding steroid dienone is 3. The standard InChI is InChI=1S/C9H11IO/c10-9(6-3-7-11-9)8-4-1-2-5-8/h1-2,4H,3,5-7H2. The molecule has 0 N–H and O–H groups in total. The Labute approximate surface area is 80.6 Å². The molecule has 1 fully saturated rings. The lowest BCUT2D eigenvalue weighted by Crippen LogP contribution is -2.20. The van der Waals surface area contributed by atoms with Gasteiger partial charge in [-0.3, -0.25) is 0 Å². The maximum Gasteiger partial charge on any atom is 0.140 e. The molecule has 1 atom stereocenters. The summed E-state index contributed by atoms with van der Waals surface area (Å²) in [5, 5.41) is 0. The average Bonchev–Trinajstić information content (AvgIpc) is 2.55. The summed E-state index contributed by atoms with van der Waals surface area (Å²) in [5.41, 5.74) is 1.44. The van der Waals surface area contributed by atoms with Gasteiger partial charge in [0.15, 0.2) is 0 Å². The summed E-state index contributed by atoms with van der Waals surface area (Å²) >= 11 is 2.44. The van der Waals surface area contributed by atoms with E-state index in [1.54, 1.807) is 0 Å². The highest BCUT2D eigenvalue weighted by Gasteiger charge is 2.35. The zero-order chi connectivity index (χ0) is 7.73. The Morgan fingerprint density at radius 1 is 1.55 bits per heavy atom. The van der Waals surface area contributed by atoms with E-state index in [2.05, 4.69) is 40.8 Å². The molecule has 2 heteroatoms. The molecule has 0 saturated carbocycles. The van der Waals surface area contributed by atoms with Gasteiger partial charge in [0.2, 0.25) is 0 Å². The number of hydrogen-bond acceptors (Lipinski definition) is 1. The SMILES string of the molecule is IC1(C2=CC=CC2)CCCO1. The molecule has 0 spiro atoms. The molecule has 60 valence electrons. The maximum atomic E-state index is 5.70. The fraction of sp³-hybridized carbons (Fsp3) is 0.556. The van der Waals surface area contributed by atoms with E-state index in [0.717, 1.165) is 13.0 Å². The Morgan fingerprint density at radius 2 is 2.45 bits per heavy atom. The first kappa shape index (κ1) is 7.80. The Hall–Kier alpha value is 0.170. The minimum absolute atomic E-state index is 0.0429. The van der Waals surface area contributed by atoms with Crippen LogP contribution in [-0.4, -0.2) is 10.2 Å². The first-order valence-electron chi connectivity index (χ1n) is 4.00. The van der Waals surface area contributed by atoms with E-state index in [4.69, 9.17) is 4.74 Å². The fourth-order valence-electron chi connectivity index (χ4n) is 1.58. The smallest absolute Gasteiger partial charge is 0.140 e. The Balaban J connectivity index is 2.13. The van der Waals surface area contributed by atoms with E-state index in [-0.39, 0.29) is 3.61 Å². The largest absolute Gasteiger partial charge is 0.361 e. The topological polar surface area (TPSA) is 9.23 Å². The zero-order valence-electron chi connectivity index (χ0n) is 6.35. The summed E-state index contributed by atoms with van der Waals surface area (Å²) in [6.45, 7) is 0.931. The first-order chi connectivity index (χ1) is 5.31. The molecule has 0 aromatic carbocycles. The van der Waals surface area contributed by atoms with E-state index >= 15 is 0 Å². The monoisotopic (exact) mass is 262 g/mol. The first-order valence-corrected chi connectivity index (χ1v) is 5.08. The molecular weight excluding hydrogens is 251 g/mol. The van der Waals surface area contributed by atoms with Crippen LogP contribution in [0.15, 0.2) is 23.8 Å². The zero-order valence-corrected chi connectivity index (χ0v) is 8.50. The number of ether oxygens (including phenoxy) is 1. The molecule has 1 unspecified atom stereocenters. The van der Waals surface area contributed by atoms with E-state index in [1.165, 1.54) is 18.4 Å². The molecule has 0 radical (unpaired) electrons. The van der Waals surface area contributed by atoms with Gasteiger partial charge in [0.05, 0.1) is 0 Å². The Bertz CT molecular complexity index is 212. The van der Waals surface area contributed by atoms with Gasteiger partial charge < -0.3 is 4.74 Å². The summed E-state index contributed by atoms with van der Waals surface area (Å²) in [4.78, 5) is 0. The third-order valence-corrected chi connectivity index (χ3v) is 3.77. The van der Waals surface area contributed by atoms with Crippen molar-refractivity contribution in [3.8, 4) is 0 Å². The fourth-order valence-corrected chi connectivity index (χ4v) is 2.58. The summed E-state index contributed by atoms with van der Waals surface area (Å²) < 4.78 is 5.75. The van der Waals surface area contributed by atoms with Crippen molar-refractivity contribution in [2.24, 2.45) is 0 Å². The number of halogens is 1. The summed E-state index contributed by atoms with van der Waals surface area (Å²) in [6.07, 6.45) is 9.98. The van der Waals surface area contributed by atoms with Crippen LogP contribution in [0.3, 0.4) is 0 Å². The predicted octanol–water partition coefficient (Wildman–Crippen LogP) is 2.81. The van der Waals surface area contributed by atoms with Crippen LogP contribution in [0.5, 0.6) is 0 Å². The second-order valence-corrected chi connectivity index (χ2v) is 4.75. The van der Waals surface area contributed by atoms with Crippen LogP contribution in [0.25, 0.3) is 0 Å². The summed E-state index contributed by atoms with van der Waals surface area (Å²) in [7, 11) is 0. The lowest BCUT2D eigenvalue weighted by molar-refractivity contribution is 0.123. The molecule has 1 aliphatic heterocycles.